The molecular formula is C17H23N3O4. The summed E-state index contributed by atoms with van der Waals surface area (Å²) in [5.41, 5.74) is 0. The van der Waals surface area contributed by atoms with E-state index in [1.165, 1.54) is 0 Å². The van der Waals surface area contributed by atoms with Gasteiger partial charge in [0.05, 0.1) is 38.7 Å². The van der Waals surface area contributed by atoms with Crippen molar-refractivity contribution >= 4 is 11.8 Å². The summed E-state index contributed by atoms with van der Waals surface area (Å²) in [5.74, 6) is 1.08. The van der Waals surface area contributed by atoms with Gasteiger partial charge in [-0.25, -0.2) is 0 Å². The van der Waals surface area contributed by atoms with E-state index in [9.17, 15) is 9.59 Å². The highest BCUT2D eigenvalue weighted by atomic mass is 16.3. The third-order valence-electron chi connectivity index (χ3n) is 3.18. The molecule has 2 aromatic rings. The van der Waals surface area contributed by atoms with E-state index >= 15 is 0 Å². The van der Waals surface area contributed by atoms with Gasteiger partial charge in [-0.2, -0.15) is 0 Å². The van der Waals surface area contributed by atoms with Gasteiger partial charge >= 0.3 is 0 Å². The number of furan rings is 2. The highest BCUT2D eigenvalue weighted by Crippen LogP contribution is 2.10. The highest BCUT2D eigenvalue weighted by Gasteiger charge is 2.15. The zero-order valence-electron chi connectivity index (χ0n) is 14.0. The second-order valence-electron chi connectivity index (χ2n) is 5.80. The molecule has 7 nitrogen and oxygen atoms in total. The molecule has 2 heterocycles. The van der Waals surface area contributed by atoms with E-state index in [0.717, 1.165) is 11.5 Å². The van der Waals surface area contributed by atoms with Crippen molar-refractivity contribution in [2.45, 2.75) is 33.0 Å². The van der Waals surface area contributed by atoms with Gasteiger partial charge in [0, 0.05) is 6.04 Å². The average molecular weight is 333 g/mol. The Morgan fingerprint density at radius 2 is 1.62 bits per heavy atom. The van der Waals surface area contributed by atoms with Crippen molar-refractivity contribution < 1.29 is 18.4 Å². The maximum absolute atomic E-state index is 12.1. The number of hydrogen-bond acceptors (Lipinski definition) is 5. The summed E-state index contributed by atoms with van der Waals surface area (Å²) in [6.07, 6.45) is 3.19. The molecule has 0 aromatic carbocycles. The fraction of sp³-hybridized carbons (Fsp3) is 0.412. The maximum atomic E-state index is 12.1. The molecule has 0 saturated heterocycles. The minimum absolute atomic E-state index is 0.0354. The van der Waals surface area contributed by atoms with Gasteiger partial charge in [0.15, 0.2) is 0 Å². The van der Waals surface area contributed by atoms with E-state index in [0.29, 0.717) is 13.1 Å². The Labute approximate surface area is 141 Å². The van der Waals surface area contributed by atoms with Crippen LogP contribution in [0.2, 0.25) is 0 Å². The van der Waals surface area contributed by atoms with Gasteiger partial charge in [-0.1, -0.05) is 0 Å². The van der Waals surface area contributed by atoms with Crippen molar-refractivity contribution in [3.05, 3.63) is 48.3 Å². The first kappa shape index (κ1) is 17.8. The Morgan fingerprint density at radius 1 is 1.04 bits per heavy atom. The molecule has 0 aliphatic rings. The topological polar surface area (TPSA) is 87.7 Å². The molecule has 130 valence electrons. The molecule has 24 heavy (non-hydrogen) atoms. The molecule has 2 aromatic heterocycles. The lowest BCUT2D eigenvalue weighted by atomic mass is 10.3. The Balaban J connectivity index is 1.86. The normalized spacial score (nSPS) is 11.0. The average Bonchev–Trinajstić information content (AvgIpc) is 3.18. The maximum Gasteiger partial charge on any atom is 0.239 e. The molecule has 0 aliphatic carbocycles. The molecule has 0 aliphatic heterocycles. The number of nitrogens with one attached hydrogen (secondary N) is 2. The molecule has 0 spiro atoms. The molecule has 0 radical (unpaired) electrons. The monoisotopic (exact) mass is 333 g/mol. The molecule has 2 rings (SSSR count). The van der Waals surface area contributed by atoms with Gasteiger partial charge in [0.2, 0.25) is 11.8 Å². The van der Waals surface area contributed by atoms with E-state index in [1.54, 1.807) is 24.7 Å². The van der Waals surface area contributed by atoms with Crippen molar-refractivity contribution in [2.75, 3.05) is 13.1 Å². The van der Waals surface area contributed by atoms with Gasteiger partial charge in [0.1, 0.15) is 11.5 Å². The van der Waals surface area contributed by atoms with Crippen LogP contribution in [0.15, 0.2) is 45.6 Å². The van der Waals surface area contributed by atoms with Crippen LogP contribution in [0.3, 0.4) is 0 Å². The van der Waals surface area contributed by atoms with Crippen LogP contribution in [0.1, 0.15) is 25.4 Å². The lowest BCUT2D eigenvalue weighted by Gasteiger charge is -2.19. The number of rotatable bonds is 9. The smallest absolute Gasteiger partial charge is 0.239 e. The van der Waals surface area contributed by atoms with E-state index < -0.39 is 0 Å². The van der Waals surface area contributed by atoms with E-state index in [-0.39, 0.29) is 30.9 Å². The predicted octanol–water partition coefficient (Wildman–Crippen LogP) is 1.52. The lowest BCUT2D eigenvalue weighted by molar-refractivity contribution is -0.127. The number of hydrogen-bond donors (Lipinski definition) is 2. The Kier molecular flexibility index (Phi) is 6.62. The van der Waals surface area contributed by atoms with Crippen LogP contribution in [-0.4, -0.2) is 35.8 Å². The number of amides is 2. The lowest BCUT2D eigenvalue weighted by Crippen LogP contribution is -2.43. The van der Waals surface area contributed by atoms with Crippen LogP contribution in [0, 0.1) is 0 Å². The van der Waals surface area contributed by atoms with Crippen LogP contribution in [-0.2, 0) is 22.7 Å². The van der Waals surface area contributed by atoms with Crippen LogP contribution in [0.4, 0.5) is 0 Å². The molecule has 0 saturated carbocycles. The minimum atomic E-state index is -0.230. The Bertz CT molecular complexity index is 584. The van der Waals surface area contributed by atoms with E-state index in [2.05, 4.69) is 10.6 Å². The number of carbonyl (C=O) groups is 2. The van der Waals surface area contributed by atoms with Crippen molar-refractivity contribution in [2.24, 2.45) is 0 Å². The number of carbonyl (C=O) groups excluding carboxylic acids is 2. The zero-order chi connectivity index (χ0) is 17.4. The quantitative estimate of drug-likeness (QED) is 0.726. The second-order valence-corrected chi connectivity index (χ2v) is 5.80. The van der Waals surface area contributed by atoms with Gasteiger partial charge < -0.3 is 19.5 Å². The largest absolute Gasteiger partial charge is 0.468 e. The van der Waals surface area contributed by atoms with Crippen molar-refractivity contribution in [1.82, 2.24) is 15.5 Å². The molecule has 0 fully saturated rings. The van der Waals surface area contributed by atoms with Crippen LogP contribution in [0.25, 0.3) is 0 Å². The molecule has 0 bridgehead atoms. The van der Waals surface area contributed by atoms with Crippen molar-refractivity contribution in [3.63, 3.8) is 0 Å². The molecule has 2 N–H and O–H groups in total. The molecular weight excluding hydrogens is 310 g/mol. The summed E-state index contributed by atoms with van der Waals surface area (Å²) in [6, 6.07) is 7.35. The van der Waals surface area contributed by atoms with Crippen molar-refractivity contribution in [1.29, 1.82) is 0 Å². The molecule has 0 atom stereocenters. The Morgan fingerprint density at radius 3 is 2.08 bits per heavy atom. The first-order valence-electron chi connectivity index (χ1n) is 7.86. The van der Waals surface area contributed by atoms with Crippen LogP contribution < -0.4 is 10.6 Å². The third kappa shape index (κ3) is 6.29. The fourth-order valence-electron chi connectivity index (χ4n) is 2.22. The summed E-state index contributed by atoms with van der Waals surface area (Å²) in [7, 11) is 0. The van der Waals surface area contributed by atoms with Gasteiger partial charge in [0.25, 0.3) is 0 Å². The van der Waals surface area contributed by atoms with Crippen LogP contribution in [0.5, 0.6) is 0 Å². The SMILES string of the molecule is CC(C)NC(=O)CNC(=O)CN(Cc1ccco1)Cc1ccco1. The fourth-order valence-corrected chi connectivity index (χ4v) is 2.22. The minimum Gasteiger partial charge on any atom is -0.468 e. The number of nitrogens with zero attached hydrogens (tertiary/aromatic N) is 1. The first-order valence-corrected chi connectivity index (χ1v) is 7.86. The van der Waals surface area contributed by atoms with E-state index in [4.69, 9.17) is 8.83 Å². The van der Waals surface area contributed by atoms with Crippen molar-refractivity contribution in [3.8, 4) is 0 Å². The van der Waals surface area contributed by atoms with Gasteiger partial charge in [-0.05, 0) is 38.1 Å². The summed E-state index contributed by atoms with van der Waals surface area (Å²) in [5, 5.41) is 5.35. The summed E-state index contributed by atoms with van der Waals surface area (Å²) >= 11 is 0. The third-order valence-corrected chi connectivity index (χ3v) is 3.18. The molecule has 0 unspecified atom stereocenters. The Hall–Kier alpha value is -2.54. The zero-order valence-corrected chi connectivity index (χ0v) is 14.0. The highest BCUT2D eigenvalue weighted by molar-refractivity contribution is 5.85. The summed E-state index contributed by atoms with van der Waals surface area (Å²) < 4.78 is 10.7. The van der Waals surface area contributed by atoms with Crippen LogP contribution >= 0.6 is 0 Å². The predicted molar refractivity (Wildman–Crippen MR) is 87.8 cm³/mol. The van der Waals surface area contributed by atoms with E-state index in [1.807, 2.05) is 30.9 Å². The molecule has 2 amide bonds. The van der Waals surface area contributed by atoms with Gasteiger partial charge in [-0.3, -0.25) is 14.5 Å². The van der Waals surface area contributed by atoms with Gasteiger partial charge in [-0.15, -0.1) is 0 Å². The second kappa shape index (κ2) is 8.93. The first-order chi connectivity index (χ1) is 11.5. The summed E-state index contributed by atoms with van der Waals surface area (Å²) in [4.78, 5) is 25.6. The summed E-state index contributed by atoms with van der Waals surface area (Å²) in [6.45, 7) is 4.78. The standard InChI is InChI=1S/C17H23N3O4/c1-13(2)19-16(21)9-18-17(22)12-20(10-14-5-3-7-23-14)11-15-6-4-8-24-15/h3-8,13H,9-12H2,1-2H3,(H,18,22)(H,19,21). The molecule has 7 heteroatoms.